The fraction of sp³-hybridized carbons (Fsp3) is 0.444. The van der Waals surface area contributed by atoms with Crippen LogP contribution in [0.2, 0.25) is 0 Å². The van der Waals surface area contributed by atoms with E-state index in [1.54, 1.807) is 14.0 Å². The van der Waals surface area contributed by atoms with Crippen molar-refractivity contribution in [1.82, 2.24) is 24.8 Å². The Labute approximate surface area is 164 Å². The number of nitrogens with one attached hydrogen (secondary N) is 1. The summed E-state index contributed by atoms with van der Waals surface area (Å²) in [5, 5.41) is 24.7. The monoisotopic (exact) mass is 397 g/mol. The molecule has 0 saturated heterocycles. The summed E-state index contributed by atoms with van der Waals surface area (Å²) in [6, 6.07) is 1.16. The van der Waals surface area contributed by atoms with Gasteiger partial charge >= 0.3 is 0 Å². The van der Waals surface area contributed by atoms with E-state index in [0.717, 1.165) is 31.2 Å². The Morgan fingerprint density at radius 1 is 1.43 bits per heavy atom. The molecule has 1 amide bonds. The number of thiophene rings is 1. The van der Waals surface area contributed by atoms with Crippen molar-refractivity contribution in [3.8, 4) is 6.07 Å². The Hall–Kier alpha value is -3.06. The van der Waals surface area contributed by atoms with Crippen molar-refractivity contribution in [3.05, 3.63) is 32.6 Å². The minimum atomic E-state index is -0.829. The number of nitriles is 1. The lowest BCUT2D eigenvalue weighted by Crippen LogP contribution is -2.36. The molecule has 0 fully saturated rings. The van der Waals surface area contributed by atoms with Crippen molar-refractivity contribution >= 4 is 33.3 Å². The summed E-state index contributed by atoms with van der Waals surface area (Å²) in [7, 11) is 1.63. The fourth-order valence-corrected chi connectivity index (χ4v) is 4.82. The van der Waals surface area contributed by atoms with Crippen LogP contribution in [-0.2, 0) is 24.7 Å². The third-order valence-corrected chi connectivity index (χ3v) is 6.27. The van der Waals surface area contributed by atoms with E-state index in [1.807, 2.05) is 6.07 Å². The van der Waals surface area contributed by atoms with Crippen LogP contribution in [0.1, 0.15) is 48.2 Å². The number of aryl methyl sites for hydroxylation is 3. The van der Waals surface area contributed by atoms with Gasteiger partial charge in [-0.3, -0.25) is 14.3 Å². The first-order valence-corrected chi connectivity index (χ1v) is 9.99. The van der Waals surface area contributed by atoms with Gasteiger partial charge < -0.3 is 5.32 Å². The number of nitrogens with zero attached hydrogens (tertiary/aromatic N) is 6. The number of carbonyl (C=O) groups excluding carboxylic acids is 1. The SMILES string of the molecule is CCC(C(=O)Nc1c(C#N)cnn1C)n1nnc2sc3c(c2c1=O)CCCC3. The molecule has 0 radical (unpaired) electrons. The number of amides is 1. The number of fused-ring (bicyclic) bond motifs is 3. The van der Waals surface area contributed by atoms with Crippen LogP contribution in [0.15, 0.2) is 11.0 Å². The molecular weight excluding hydrogens is 378 g/mol. The van der Waals surface area contributed by atoms with Gasteiger partial charge in [0.2, 0.25) is 0 Å². The summed E-state index contributed by atoms with van der Waals surface area (Å²) < 4.78 is 2.58. The number of hydrogen-bond acceptors (Lipinski definition) is 7. The number of carbonyl (C=O) groups is 1. The zero-order valence-electron chi connectivity index (χ0n) is 15.6. The minimum Gasteiger partial charge on any atom is -0.308 e. The summed E-state index contributed by atoms with van der Waals surface area (Å²) >= 11 is 1.53. The molecule has 1 N–H and O–H groups in total. The summed E-state index contributed by atoms with van der Waals surface area (Å²) in [5.74, 6) is -0.136. The van der Waals surface area contributed by atoms with Gasteiger partial charge in [0.1, 0.15) is 23.5 Å². The predicted octanol–water partition coefficient (Wildman–Crippen LogP) is 1.93. The maximum absolute atomic E-state index is 13.2. The highest BCUT2D eigenvalue weighted by molar-refractivity contribution is 7.18. The third-order valence-electron chi connectivity index (χ3n) is 5.09. The molecule has 10 heteroatoms. The van der Waals surface area contributed by atoms with Crippen molar-refractivity contribution in [3.63, 3.8) is 0 Å². The zero-order chi connectivity index (χ0) is 19.8. The van der Waals surface area contributed by atoms with Crippen LogP contribution in [0, 0.1) is 11.3 Å². The highest BCUT2D eigenvalue weighted by Gasteiger charge is 2.27. The van der Waals surface area contributed by atoms with Gasteiger partial charge in [0.05, 0.1) is 11.6 Å². The molecule has 3 aromatic heterocycles. The third kappa shape index (κ3) is 2.88. The summed E-state index contributed by atoms with van der Waals surface area (Å²) in [5.41, 5.74) is 1.04. The van der Waals surface area contributed by atoms with E-state index in [-0.39, 0.29) is 11.1 Å². The van der Waals surface area contributed by atoms with Crippen molar-refractivity contribution in [2.75, 3.05) is 5.32 Å². The minimum absolute atomic E-state index is 0.256. The van der Waals surface area contributed by atoms with Crippen LogP contribution in [0.3, 0.4) is 0 Å². The molecule has 0 bridgehead atoms. The van der Waals surface area contributed by atoms with Crippen molar-refractivity contribution in [1.29, 1.82) is 5.26 Å². The van der Waals surface area contributed by atoms with Crippen LogP contribution in [-0.4, -0.2) is 30.7 Å². The van der Waals surface area contributed by atoms with Gasteiger partial charge in [0.25, 0.3) is 11.5 Å². The Morgan fingerprint density at radius 3 is 2.96 bits per heavy atom. The van der Waals surface area contributed by atoms with E-state index in [2.05, 4.69) is 20.7 Å². The van der Waals surface area contributed by atoms with Crippen LogP contribution in [0.4, 0.5) is 5.82 Å². The fourth-order valence-electron chi connectivity index (χ4n) is 3.63. The van der Waals surface area contributed by atoms with Crippen LogP contribution in [0.25, 0.3) is 10.2 Å². The van der Waals surface area contributed by atoms with Gasteiger partial charge in [-0.2, -0.15) is 15.0 Å². The second-order valence-electron chi connectivity index (χ2n) is 6.79. The van der Waals surface area contributed by atoms with Crippen molar-refractivity contribution < 1.29 is 4.79 Å². The number of hydrogen-bond donors (Lipinski definition) is 1. The van der Waals surface area contributed by atoms with Gasteiger partial charge in [-0.1, -0.05) is 12.1 Å². The molecule has 144 valence electrons. The van der Waals surface area contributed by atoms with E-state index in [1.165, 1.54) is 31.8 Å². The Bertz CT molecular complexity index is 1170. The smallest absolute Gasteiger partial charge is 0.279 e. The first-order chi connectivity index (χ1) is 13.5. The molecule has 3 heterocycles. The maximum Gasteiger partial charge on any atom is 0.279 e. The molecule has 4 rings (SSSR count). The Balaban J connectivity index is 1.74. The lowest BCUT2D eigenvalue weighted by molar-refractivity contribution is -0.119. The van der Waals surface area contributed by atoms with E-state index in [9.17, 15) is 14.9 Å². The van der Waals surface area contributed by atoms with Crippen LogP contribution >= 0.6 is 11.3 Å². The molecule has 3 aromatic rings. The highest BCUT2D eigenvalue weighted by Crippen LogP contribution is 2.33. The first kappa shape index (κ1) is 18.3. The molecule has 9 nitrogen and oxygen atoms in total. The van der Waals surface area contributed by atoms with E-state index >= 15 is 0 Å². The van der Waals surface area contributed by atoms with E-state index < -0.39 is 11.9 Å². The molecule has 1 aliphatic carbocycles. The van der Waals surface area contributed by atoms with E-state index in [0.29, 0.717) is 22.5 Å². The molecule has 0 spiro atoms. The molecule has 0 saturated carbocycles. The molecular formula is C18H19N7O2S. The molecule has 0 aliphatic heterocycles. The molecule has 0 aromatic carbocycles. The number of aromatic nitrogens is 5. The summed E-state index contributed by atoms with van der Waals surface area (Å²) in [6.07, 6.45) is 5.73. The largest absolute Gasteiger partial charge is 0.308 e. The quantitative estimate of drug-likeness (QED) is 0.718. The lowest BCUT2D eigenvalue weighted by Gasteiger charge is -2.16. The summed E-state index contributed by atoms with van der Waals surface area (Å²) in [6.45, 7) is 1.81. The van der Waals surface area contributed by atoms with Gasteiger partial charge in [0, 0.05) is 11.9 Å². The summed E-state index contributed by atoms with van der Waals surface area (Å²) in [4.78, 5) is 27.9. The van der Waals surface area contributed by atoms with Gasteiger partial charge in [-0.15, -0.1) is 16.4 Å². The normalized spacial score (nSPS) is 14.5. The van der Waals surface area contributed by atoms with Gasteiger partial charge in [0.15, 0.2) is 4.83 Å². The molecule has 1 atom stereocenters. The maximum atomic E-state index is 13.2. The van der Waals surface area contributed by atoms with Crippen molar-refractivity contribution in [2.24, 2.45) is 7.05 Å². The Morgan fingerprint density at radius 2 is 2.21 bits per heavy atom. The standard InChI is InChI=1S/C18H19N7O2S/c1-3-12(16(26)21-15-10(8-19)9-20-24(15)2)25-18(27)14-11-6-4-5-7-13(11)28-17(14)22-23-25/h9,12H,3-7H2,1-2H3,(H,21,26). The zero-order valence-corrected chi connectivity index (χ0v) is 16.4. The van der Waals surface area contributed by atoms with Gasteiger partial charge in [-0.05, 0) is 37.7 Å². The number of rotatable bonds is 4. The lowest BCUT2D eigenvalue weighted by atomic mass is 9.97. The number of anilines is 1. The molecule has 28 heavy (non-hydrogen) atoms. The van der Waals surface area contributed by atoms with Crippen molar-refractivity contribution in [2.45, 2.75) is 45.1 Å². The predicted molar refractivity (Wildman–Crippen MR) is 104 cm³/mol. The van der Waals surface area contributed by atoms with Crippen LogP contribution < -0.4 is 10.9 Å². The van der Waals surface area contributed by atoms with Gasteiger partial charge in [-0.25, -0.2) is 0 Å². The second kappa shape index (κ2) is 7.16. The molecule has 1 unspecified atom stereocenters. The average molecular weight is 397 g/mol. The molecule has 1 aliphatic rings. The first-order valence-electron chi connectivity index (χ1n) is 9.17. The van der Waals surface area contributed by atoms with E-state index in [4.69, 9.17) is 0 Å². The second-order valence-corrected chi connectivity index (χ2v) is 7.87. The van der Waals surface area contributed by atoms with Crippen LogP contribution in [0.5, 0.6) is 0 Å². The Kier molecular flexibility index (Phi) is 4.68. The average Bonchev–Trinajstić information content (AvgIpc) is 3.25. The highest BCUT2D eigenvalue weighted by atomic mass is 32.1. The topological polar surface area (TPSA) is 118 Å².